The molecule has 1 amide bonds. The van der Waals surface area contributed by atoms with E-state index >= 15 is 0 Å². The maximum atomic E-state index is 12.9. The number of hydrogen-bond donors (Lipinski definition) is 0. The van der Waals surface area contributed by atoms with Gasteiger partial charge in [-0.1, -0.05) is 0 Å². The number of esters is 1. The zero-order chi connectivity index (χ0) is 19.7. The van der Waals surface area contributed by atoms with Gasteiger partial charge in [0.05, 0.1) is 17.8 Å². The van der Waals surface area contributed by atoms with Crippen LogP contribution in [0.5, 0.6) is 0 Å². The molecule has 1 aliphatic heterocycles. The highest BCUT2D eigenvalue weighted by Crippen LogP contribution is 2.27. The Morgan fingerprint density at radius 2 is 1.93 bits per heavy atom. The monoisotopic (exact) mass is 392 g/mol. The maximum Gasteiger partial charge on any atom is 0.348 e. The van der Waals surface area contributed by atoms with Crippen molar-refractivity contribution in [3.05, 3.63) is 27.1 Å². The van der Waals surface area contributed by atoms with E-state index in [1.54, 1.807) is 25.7 Å². The molecule has 0 spiro atoms. The van der Waals surface area contributed by atoms with Gasteiger partial charge in [-0.3, -0.25) is 14.2 Å². The lowest BCUT2D eigenvalue weighted by molar-refractivity contribution is -0.133. The standard InChI is InChI=1S/C18H24N4O4S/c1-11(2)26-18(25)15-12(3)14-16(27-15)19-10-22(17(14)24)9-13(23)21-7-5-20(4)6-8-21/h10-11H,5-9H2,1-4H3. The first-order chi connectivity index (χ1) is 12.8. The molecule has 1 aliphatic rings. The molecule has 0 N–H and O–H groups in total. The van der Waals surface area contributed by atoms with Crippen molar-refractivity contribution in [3.8, 4) is 0 Å². The summed E-state index contributed by atoms with van der Waals surface area (Å²) in [5, 5.41) is 0.379. The molecule has 1 fully saturated rings. The van der Waals surface area contributed by atoms with Gasteiger partial charge in [-0.25, -0.2) is 9.78 Å². The second-order valence-electron chi connectivity index (χ2n) is 7.05. The SMILES string of the molecule is Cc1c(C(=O)OC(C)C)sc2ncn(CC(=O)N3CCN(C)CC3)c(=O)c12. The fourth-order valence-corrected chi connectivity index (χ4v) is 4.06. The third-order valence-electron chi connectivity index (χ3n) is 4.61. The summed E-state index contributed by atoms with van der Waals surface area (Å²) in [5.41, 5.74) is 0.249. The number of piperazine rings is 1. The predicted octanol–water partition coefficient (Wildman–Crippen LogP) is 1.11. The first-order valence-corrected chi connectivity index (χ1v) is 9.75. The normalized spacial score (nSPS) is 15.5. The van der Waals surface area contributed by atoms with Crippen molar-refractivity contribution in [1.29, 1.82) is 0 Å². The topological polar surface area (TPSA) is 84.7 Å². The van der Waals surface area contributed by atoms with Crippen LogP contribution < -0.4 is 5.56 Å². The van der Waals surface area contributed by atoms with Crippen LogP contribution in [0.25, 0.3) is 10.2 Å². The van der Waals surface area contributed by atoms with E-state index in [0.29, 0.717) is 33.7 Å². The highest BCUT2D eigenvalue weighted by Gasteiger charge is 2.23. The molecular weight excluding hydrogens is 368 g/mol. The Bertz CT molecular complexity index is 925. The van der Waals surface area contributed by atoms with Crippen LogP contribution >= 0.6 is 11.3 Å². The number of nitrogens with zero attached hydrogens (tertiary/aromatic N) is 4. The number of fused-ring (bicyclic) bond motifs is 1. The van der Waals surface area contributed by atoms with Gasteiger partial charge in [-0.2, -0.15) is 0 Å². The fourth-order valence-electron chi connectivity index (χ4n) is 3.04. The van der Waals surface area contributed by atoms with Gasteiger partial charge >= 0.3 is 5.97 Å². The number of carbonyl (C=O) groups is 2. The van der Waals surface area contributed by atoms with E-state index in [1.807, 2.05) is 7.05 Å². The Labute approximate surface area is 161 Å². The van der Waals surface area contributed by atoms with Crippen molar-refractivity contribution < 1.29 is 14.3 Å². The first-order valence-electron chi connectivity index (χ1n) is 8.93. The summed E-state index contributed by atoms with van der Waals surface area (Å²) >= 11 is 1.14. The molecule has 0 bridgehead atoms. The van der Waals surface area contributed by atoms with E-state index in [4.69, 9.17) is 4.74 Å². The zero-order valence-corrected chi connectivity index (χ0v) is 16.8. The molecule has 0 saturated carbocycles. The number of rotatable bonds is 4. The molecule has 2 aromatic rings. The van der Waals surface area contributed by atoms with Gasteiger partial charge in [0.15, 0.2) is 0 Å². The van der Waals surface area contributed by atoms with Gasteiger partial charge in [0.25, 0.3) is 5.56 Å². The summed E-state index contributed by atoms with van der Waals surface area (Å²) < 4.78 is 6.56. The molecule has 0 unspecified atom stereocenters. The van der Waals surface area contributed by atoms with Crippen molar-refractivity contribution in [3.63, 3.8) is 0 Å². The molecule has 0 aromatic carbocycles. The van der Waals surface area contributed by atoms with Crippen molar-refractivity contribution in [2.24, 2.45) is 0 Å². The van der Waals surface area contributed by atoms with Crippen LogP contribution in [0.2, 0.25) is 0 Å². The third kappa shape index (κ3) is 4.03. The van der Waals surface area contributed by atoms with E-state index in [2.05, 4.69) is 9.88 Å². The zero-order valence-electron chi connectivity index (χ0n) is 16.0. The summed E-state index contributed by atoms with van der Waals surface area (Å²) in [4.78, 5) is 46.7. The van der Waals surface area contributed by atoms with Crippen LogP contribution in [0.1, 0.15) is 29.1 Å². The fraction of sp³-hybridized carbons (Fsp3) is 0.556. The Hall–Kier alpha value is -2.26. The lowest BCUT2D eigenvalue weighted by Gasteiger charge is -2.32. The minimum absolute atomic E-state index is 0.0491. The summed E-state index contributed by atoms with van der Waals surface area (Å²) in [6.07, 6.45) is 1.14. The molecule has 0 radical (unpaired) electrons. The molecule has 8 nitrogen and oxygen atoms in total. The van der Waals surface area contributed by atoms with E-state index in [9.17, 15) is 14.4 Å². The Kier molecular flexibility index (Phi) is 5.61. The Morgan fingerprint density at radius 1 is 1.26 bits per heavy atom. The number of amides is 1. The van der Waals surface area contributed by atoms with E-state index < -0.39 is 5.97 Å². The number of likely N-dealkylation sites (N-methyl/N-ethyl adjacent to an activating group) is 1. The third-order valence-corrected chi connectivity index (χ3v) is 5.79. The van der Waals surface area contributed by atoms with Crippen LogP contribution in [0, 0.1) is 6.92 Å². The molecule has 1 saturated heterocycles. The van der Waals surface area contributed by atoms with Crippen LogP contribution in [0.15, 0.2) is 11.1 Å². The molecule has 3 heterocycles. The smallest absolute Gasteiger partial charge is 0.348 e. The van der Waals surface area contributed by atoms with Crippen molar-refractivity contribution in [2.75, 3.05) is 33.2 Å². The van der Waals surface area contributed by atoms with Gasteiger partial charge in [0.1, 0.15) is 16.3 Å². The lowest BCUT2D eigenvalue weighted by atomic mass is 10.2. The second-order valence-corrected chi connectivity index (χ2v) is 8.05. The molecule has 27 heavy (non-hydrogen) atoms. The highest BCUT2D eigenvalue weighted by atomic mass is 32.1. The number of aromatic nitrogens is 2. The molecule has 0 atom stereocenters. The maximum absolute atomic E-state index is 12.9. The Morgan fingerprint density at radius 3 is 2.56 bits per heavy atom. The van der Waals surface area contributed by atoms with Crippen LogP contribution in [-0.4, -0.2) is 70.6 Å². The average molecular weight is 392 g/mol. The van der Waals surface area contributed by atoms with E-state index in [0.717, 1.165) is 24.4 Å². The van der Waals surface area contributed by atoms with Crippen LogP contribution in [0.3, 0.4) is 0 Å². The second kappa shape index (κ2) is 7.77. The summed E-state index contributed by atoms with van der Waals surface area (Å²) in [7, 11) is 2.02. The van der Waals surface area contributed by atoms with Crippen molar-refractivity contribution in [2.45, 2.75) is 33.4 Å². The lowest BCUT2D eigenvalue weighted by Crippen LogP contribution is -2.48. The summed E-state index contributed by atoms with van der Waals surface area (Å²) in [6, 6.07) is 0. The molecule has 146 valence electrons. The van der Waals surface area contributed by atoms with E-state index in [-0.39, 0.29) is 24.1 Å². The van der Waals surface area contributed by atoms with Crippen LogP contribution in [0.4, 0.5) is 0 Å². The average Bonchev–Trinajstić information content (AvgIpc) is 2.95. The number of carbonyl (C=O) groups excluding carboxylic acids is 2. The van der Waals surface area contributed by atoms with Crippen LogP contribution in [-0.2, 0) is 16.1 Å². The predicted molar refractivity (Wildman–Crippen MR) is 103 cm³/mol. The highest BCUT2D eigenvalue weighted by molar-refractivity contribution is 7.20. The minimum Gasteiger partial charge on any atom is -0.459 e. The summed E-state index contributed by atoms with van der Waals surface area (Å²) in [6.45, 7) is 8.17. The van der Waals surface area contributed by atoms with E-state index in [1.165, 1.54) is 10.9 Å². The van der Waals surface area contributed by atoms with Gasteiger partial charge in [-0.05, 0) is 33.4 Å². The van der Waals surface area contributed by atoms with Gasteiger partial charge < -0.3 is 14.5 Å². The largest absolute Gasteiger partial charge is 0.459 e. The summed E-state index contributed by atoms with van der Waals surface area (Å²) in [5.74, 6) is -0.552. The van der Waals surface area contributed by atoms with Gasteiger partial charge in [-0.15, -0.1) is 11.3 Å². The van der Waals surface area contributed by atoms with Crippen molar-refractivity contribution in [1.82, 2.24) is 19.4 Å². The quantitative estimate of drug-likeness (QED) is 0.725. The molecular formula is C18H24N4O4S. The molecule has 2 aromatic heterocycles. The minimum atomic E-state index is -0.454. The van der Waals surface area contributed by atoms with Gasteiger partial charge in [0, 0.05) is 26.2 Å². The number of ether oxygens (including phenoxy) is 1. The molecule has 0 aliphatic carbocycles. The number of aryl methyl sites for hydroxylation is 1. The number of thiophene rings is 1. The molecule has 9 heteroatoms. The molecule has 3 rings (SSSR count). The van der Waals surface area contributed by atoms with Crippen molar-refractivity contribution >= 4 is 33.4 Å². The van der Waals surface area contributed by atoms with Gasteiger partial charge in [0.2, 0.25) is 5.91 Å². The number of hydrogen-bond acceptors (Lipinski definition) is 7. The first kappa shape index (κ1) is 19.5. The Balaban J connectivity index is 1.86.